The van der Waals surface area contributed by atoms with Crippen molar-refractivity contribution in [3.8, 4) is 5.75 Å². The molecule has 6 fully saturated rings. The summed E-state index contributed by atoms with van der Waals surface area (Å²) in [5.74, 6) is 0.382. The lowest BCUT2D eigenvalue weighted by molar-refractivity contribution is -0.142. The second-order valence-corrected chi connectivity index (χ2v) is 19.7. The molecule has 6 aliphatic rings. The monoisotopic (exact) mass is 905 g/mol. The number of imidazole rings is 1. The molecule has 3 N–H and O–H groups in total. The minimum Gasteiger partial charge on any atom is -0.484 e. The second kappa shape index (κ2) is 18.4. The second-order valence-electron chi connectivity index (χ2n) is 19.7. The van der Waals surface area contributed by atoms with Gasteiger partial charge in [0, 0.05) is 81.2 Å². The van der Waals surface area contributed by atoms with Crippen LogP contribution in [0.15, 0.2) is 91.5 Å². The highest BCUT2D eigenvalue weighted by molar-refractivity contribution is 6.01. The Hall–Kier alpha value is -6.39. The minimum absolute atomic E-state index is 0.0139. The van der Waals surface area contributed by atoms with Gasteiger partial charge >= 0.3 is 0 Å². The van der Waals surface area contributed by atoms with Gasteiger partial charge in [-0.05, 0) is 111 Å². The van der Waals surface area contributed by atoms with Gasteiger partial charge in [-0.2, -0.15) is 0 Å². The van der Waals surface area contributed by atoms with Crippen LogP contribution in [0, 0.1) is 5.41 Å². The molecule has 0 unspecified atom stereocenters. The van der Waals surface area contributed by atoms with Crippen molar-refractivity contribution in [3.63, 3.8) is 0 Å². The third kappa shape index (κ3) is 9.20. The Kier molecular flexibility index (Phi) is 11.8. The van der Waals surface area contributed by atoms with Crippen LogP contribution in [-0.2, 0) is 25.6 Å². The Bertz CT molecular complexity index is 2600. The van der Waals surface area contributed by atoms with E-state index in [1.807, 2.05) is 53.7 Å². The van der Waals surface area contributed by atoms with Crippen molar-refractivity contribution >= 4 is 52.0 Å². The molecule has 4 aliphatic heterocycles. The third-order valence-corrected chi connectivity index (χ3v) is 15.6. The molecule has 11 rings (SSSR count). The Balaban J connectivity index is 0.584. The summed E-state index contributed by atoms with van der Waals surface area (Å²) >= 11 is 0. The van der Waals surface area contributed by atoms with Crippen LogP contribution in [0.2, 0.25) is 0 Å². The predicted molar refractivity (Wildman–Crippen MR) is 253 cm³/mol. The zero-order valence-corrected chi connectivity index (χ0v) is 37.9. The Morgan fingerprint density at radius 3 is 2.33 bits per heavy atom. The number of carbonyl (C=O) groups is 4. The Morgan fingerprint density at radius 2 is 1.57 bits per heavy atom. The summed E-state index contributed by atoms with van der Waals surface area (Å²) in [6, 6.07) is 27.2. The van der Waals surface area contributed by atoms with Crippen LogP contribution in [0.25, 0.3) is 11.2 Å². The molecule has 4 amide bonds. The van der Waals surface area contributed by atoms with E-state index in [4.69, 9.17) is 9.72 Å². The number of hydrogen-bond donors (Lipinski definition) is 3. The lowest BCUT2D eigenvalue weighted by Gasteiger charge is -2.58. The number of anilines is 3. The van der Waals surface area contributed by atoms with E-state index in [9.17, 15) is 19.2 Å². The van der Waals surface area contributed by atoms with Gasteiger partial charge in [0.1, 0.15) is 12.1 Å². The van der Waals surface area contributed by atoms with Gasteiger partial charge in [-0.25, -0.2) is 15.0 Å². The summed E-state index contributed by atoms with van der Waals surface area (Å²) in [6.07, 6.45) is 11.4. The van der Waals surface area contributed by atoms with Crippen molar-refractivity contribution in [3.05, 3.63) is 103 Å². The maximum atomic E-state index is 13.0. The molecule has 67 heavy (non-hydrogen) atoms. The molecule has 16 heteroatoms. The van der Waals surface area contributed by atoms with Gasteiger partial charge in [0.2, 0.25) is 17.7 Å². The number of nitrogens with one attached hydrogen (secondary N) is 3. The van der Waals surface area contributed by atoms with Crippen LogP contribution >= 0.6 is 0 Å². The number of benzene rings is 3. The molecule has 0 radical (unpaired) electrons. The van der Waals surface area contributed by atoms with Crippen LogP contribution in [0.3, 0.4) is 0 Å². The number of imide groups is 1. The first-order valence-electron chi connectivity index (χ1n) is 24.2. The summed E-state index contributed by atoms with van der Waals surface area (Å²) in [5.41, 5.74) is 6.00. The maximum absolute atomic E-state index is 13.0. The number of ether oxygens (including phenoxy) is 1. The number of nitrogens with zero attached hydrogens (tertiary/aromatic N) is 8. The van der Waals surface area contributed by atoms with Gasteiger partial charge in [0.25, 0.3) is 5.91 Å². The standard InChI is InChI=1S/C51H59N11O5/c63-44-14-13-43(50(66)57-44)35-7-4-8-42(24-35)67-31-46(65)61-29-41(30-61)58-17-15-51(16-18-58)27-40(28-51)60-21-19-59(20-22-60)38-11-9-36(10-12-38)56-48-47-49(53-32-52-48)62(33-54-47)39-25-37(26-39)55-45(64)23-34-5-2-1-3-6-34/h1-12,24,32-33,37,39-41,43H,13-23,25-31H2,(H,55,64)(H,52,53,56)(H,57,63,66)/t37?,39?,43-/m0/s1. The molecule has 16 nitrogen and oxygen atoms in total. The van der Waals surface area contributed by atoms with Crippen molar-refractivity contribution in [2.75, 3.05) is 69.2 Å². The zero-order chi connectivity index (χ0) is 45.5. The Labute approximate surface area is 390 Å². The van der Waals surface area contributed by atoms with E-state index in [0.29, 0.717) is 48.3 Å². The van der Waals surface area contributed by atoms with E-state index in [2.05, 4.69) is 69.5 Å². The molecular weight excluding hydrogens is 847 g/mol. The van der Waals surface area contributed by atoms with E-state index in [-0.39, 0.29) is 48.2 Å². The van der Waals surface area contributed by atoms with Crippen molar-refractivity contribution < 1.29 is 23.9 Å². The molecule has 6 heterocycles. The molecule has 2 saturated carbocycles. The quantitative estimate of drug-likeness (QED) is 0.138. The van der Waals surface area contributed by atoms with Gasteiger partial charge in [0.05, 0.1) is 18.7 Å². The average Bonchev–Trinajstić information content (AvgIpc) is 3.74. The summed E-state index contributed by atoms with van der Waals surface area (Å²) in [7, 11) is 0. The van der Waals surface area contributed by atoms with Crippen molar-refractivity contribution in [2.24, 2.45) is 5.41 Å². The van der Waals surface area contributed by atoms with Crippen LogP contribution in [0.4, 0.5) is 17.2 Å². The molecule has 2 aromatic heterocycles. The largest absolute Gasteiger partial charge is 0.484 e. The minimum atomic E-state index is -0.383. The molecule has 348 valence electrons. The van der Waals surface area contributed by atoms with Gasteiger partial charge in [-0.3, -0.25) is 34.3 Å². The first-order valence-corrected chi connectivity index (χ1v) is 24.2. The number of fused-ring (bicyclic) bond motifs is 1. The number of aromatic nitrogens is 4. The molecule has 2 aliphatic carbocycles. The first-order chi connectivity index (χ1) is 32.7. The van der Waals surface area contributed by atoms with Gasteiger partial charge in [-0.1, -0.05) is 42.5 Å². The average molecular weight is 906 g/mol. The number of carbonyl (C=O) groups excluding carboxylic acids is 4. The Morgan fingerprint density at radius 1 is 0.806 bits per heavy atom. The van der Waals surface area contributed by atoms with Crippen molar-refractivity contribution in [1.29, 1.82) is 0 Å². The van der Waals surface area contributed by atoms with Crippen LogP contribution in [0.5, 0.6) is 5.75 Å². The third-order valence-electron chi connectivity index (χ3n) is 15.6. The van der Waals surface area contributed by atoms with E-state index < -0.39 is 0 Å². The number of amides is 4. The highest BCUT2D eigenvalue weighted by atomic mass is 16.5. The summed E-state index contributed by atoms with van der Waals surface area (Å²) in [6.45, 7) is 7.87. The summed E-state index contributed by atoms with van der Waals surface area (Å²) < 4.78 is 7.98. The van der Waals surface area contributed by atoms with Crippen LogP contribution in [-0.4, -0.2) is 135 Å². The fourth-order valence-corrected chi connectivity index (χ4v) is 11.4. The number of rotatable bonds is 13. The fraction of sp³-hybridized carbons (Fsp3) is 0.471. The molecule has 1 atom stereocenters. The highest BCUT2D eigenvalue weighted by Gasteiger charge is 2.49. The molecule has 3 aromatic carbocycles. The number of piperidine rings is 2. The smallest absolute Gasteiger partial charge is 0.260 e. The fourth-order valence-electron chi connectivity index (χ4n) is 11.4. The van der Waals surface area contributed by atoms with Gasteiger partial charge < -0.3 is 29.7 Å². The van der Waals surface area contributed by atoms with Crippen LogP contribution < -0.4 is 25.6 Å². The zero-order valence-electron chi connectivity index (χ0n) is 37.9. The molecule has 1 spiro atoms. The van der Waals surface area contributed by atoms with Crippen LogP contribution in [0.1, 0.15) is 74.5 Å². The lowest BCUT2D eigenvalue weighted by Crippen LogP contribution is -2.65. The van der Waals surface area contributed by atoms with Gasteiger partial charge in [0.15, 0.2) is 23.6 Å². The van der Waals surface area contributed by atoms with Gasteiger partial charge in [-0.15, -0.1) is 0 Å². The highest BCUT2D eigenvalue weighted by Crippen LogP contribution is 2.51. The topological polar surface area (TPSA) is 170 Å². The molecule has 0 bridgehead atoms. The van der Waals surface area contributed by atoms with E-state index in [0.717, 1.165) is 93.2 Å². The SMILES string of the molecule is O=C1CC[C@@H](c2cccc(OCC(=O)N3CC(N4CCC5(CC4)CC(N4CCN(c6ccc(Nc7ncnc8c7ncn8C7CC(NC(=O)Cc8ccccc8)C7)cc6)CC4)C5)C3)c2)C(=O)N1. The molecular formula is C51H59N11O5. The maximum Gasteiger partial charge on any atom is 0.260 e. The van der Waals surface area contributed by atoms with Crippen molar-refractivity contribution in [2.45, 2.75) is 87.9 Å². The lowest BCUT2D eigenvalue weighted by atomic mass is 9.59. The summed E-state index contributed by atoms with van der Waals surface area (Å²) in [4.78, 5) is 73.0. The van der Waals surface area contributed by atoms with E-state index in [1.165, 1.54) is 31.4 Å². The number of hydrogen-bond acceptors (Lipinski definition) is 12. The summed E-state index contributed by atoms with van der Waals surface area (Å²) in [5, 5.41) is 9.07. The van der Waals surface area contributed by atoms with E-state index >= 15 is 0 Å². The van der Waals surface area contributed by atoms with E-state index in [1.54, 1.807) is 18.5 Å². The number of likely N-dealkylation sites (tertiary alicyclic amines) is 2. The predicted octanol–water partition coefficient (Wildman–Crippen LogP) is 4.81. The number of piperazine rings is 1. The van der Waals surface area contributed by atoms with Crippen molar-refractivity contribution in [1.82, 2.24) is 44.9 Å². The molecule has 4 saturated heterocycles. The first kappa shape index (κ1) is 43.2. The normalized spacial score (nSPS) is 23.6. The molecule has 5 aromatic rings.